The first kappa shape index (κ1) is 18.4. The summed E-state index contributed by atoms with van der Waals surface area (Å²) in [6.07, 6.45) is 2.27. The van der Waals surface area contributed by atoms with Gasteiger partial charge in [0.05, 0.1) is 24.2 Å². The molecular weight excluding hydrogens is 342 g/mol. The number of thiazole rings is 1. The Kier molecular flexibility index (Phi) is 6.08. The second-order valence-corrected chi connectivity index (χ2v) is 6.00. The lowest BCUT2D eigenvalue weighted by atomic mass is 10.1. The van der Waals surface area contributed by atoms with Gasteiger partial charge < -0.3 is 9.47 Å². The smallest absolute Gasteiger partial charge is 0.315 e. The molecule has 8 heteroatoms. The van der Waals surface area contributed by atoms with Gasteiger partial charge in [0, 0.05) is 17.1 Å². The van der Waals surface area contributed by atoms with Gasteiger partial charge >= 0.3 is 5.69 Å². The molecule has 0 atom stereocenters. The van der Waals surface area contributed by atoms with Crippen LogP contribution in [-0.2, 0) is 0 Å². The third-order valence-electron chi connectivity index (χ3n) is 3.21. The zero-order valence-corrected chi connectivity index (χ0v) is 14.9. The minimum absolute atomic E-state index is 0.0927. The summed E-state index contributed by atoms with van der Waals surface area (Å²) in [6, 6.07) is 5.06. The van der Waals surface area contributed by atoms with Gasteiger partial charge in [-0.15, -0.1) is 11.3 Å². The van der Waals surface area contributed by atoms with E-state index in [4.69, 9.17) is 9.47 Å². The number of aromatic nitrogens is 1. The Hall–Kier alpha value is -2.92. The Bertz CT molecular complexity index is 852. The van der Waals surface area contributed by atoms with E-state index in [1.54, 1.807) is 12.1 Å². The molecular formula is C17H17N3O4S. The molecule has 1 aromatic carbocycles. The quantitative estimate of drug-likeness (QED) is 0.417. The Balaban J connectivity index is 2.54. The van der Waals surface area contributed by atoms with Crippen LogP contribution >= 0.6 is 11.3 Å². The lowest BCUT2D eigenvalue weighted by Crippen LogP contribution is -2.02. The van der Waals surface area contributed by atoms with Crippen LogP contribution in [0, 0.1) is 28.4 Å². The van der Waals surface area contributed by atoms with E-state index in [9.17, 15) is 15.4 Å². The number of nitrogens with zero attached hydrogens (tertiary/aromatic N) is 3. The van der Waals surface area contributed by atoms with Crippen LogP contribution in [-0.4, -0.2) is 23.6 Å². The molecule has 0 bridgehead atoms. The highest BCUT2D eigenvalue weighted by Gasteiger charge is 2.22. The molecule has 0 aliphatic heterocycles. The molecule has 130 valence electrons. The maximum Gasteiger partial charge on any atom is 0.315 e. The summed E-state index contributed by atoms with van der Waals surface area (Å²) in [5.41, 5.74) is 1.41. The van der Waals surface area contributed by atoms with Crippen molar-refractivity contribution in [2.24, 2.45) is 0 Å². The van der Waals surface area contributed by atoms with Crippen molar-refractivity contribution in [2.75, 3.05) is 13.7 Å². The topological polar surface area (TPSA) is 98.3 Å². The maximum atomic E-state index is 11.4. The van der Waals surface area contributed by atoms with Crippen LogP contribution < -0.4 is 9.47 Å². The van der Waals surface area contributed by atoms with Gasteiger partial charge in [0.25, 0.3) is 0 Å². The number of hydrogen-bond acceptors (Lipinski definition) is 7. The van der Waals surface area contributed by atoms with Gasteiger partial charge in [-0.25, -0.2) is 4.98 Å². The Labute approximate surface area is 149 Å². The van der Waals surface area contributed by atoms with Crippen LogP contribution in [0.3, 0.4) is 0 Å². The first-order chi connectivity index (χ1) is 12.0. The van der Waals surface area contributed by atoms with Crippen LogP contribution in [0.5, 0.6) is 11.5 Å². The largest absolute Gasteiger partial charge is 0.493 e. The zero-order valence-electron chi connectivity index (χ0n) is 14.1. The number of ether oxygens (including phenoxy) is 2. The third-order valence-corrected chi connectivity index (χ3v) is 4.20. The molecule has 0 amide bonds. The summed E-state index contributed by atoms with van der Waals surface area (Å²) in [6.45, 7) is 4.08. The van der Waals surface area contributed by atoms with E-state index in [0.29, 0.717) is 29.2 Å². The fraction of sp³-hybridized carbons (Fsp3) is 0.294. The van der Waals surface area contributed by atoms with Crippen LogP contribution in [0.2, 0.25) is 0 Å². The average Bonchev–Trinajstić information content (AvgIpc) is 3.03. The lowest BCUT2D eigenvalue weighted by molar-refractivity contribution is -0.386. The van der Waals surface area contributed by atoms with Crippen molar-refractivity contribution < 1.29 is 14.4 Å². The number of nitro groups is 1. The Morgan fingerprint density at radius 3 is 2.80 bits per heavy atom. The van der Waals surface area contributed by atoms with Gasteiger partial charge in [0.1, 0.15) is 11.1 Å². The minimum atomic E-state index is -0.523. The van der Waals surface area contributed by atoms with Gasteiger partial charge in [0.15, 0.2) is 5.75 Å². The number of aryl methyl sites for hydroxylation is 1. The van der Waals surface area contributed by atoms with Gasteiger partial charge in [0.2, 0.25) is 5.75 Å². The molecule has 2 rings (SSSR count). The highest BCUT2D eigenvalue weighted by atomic mass is 32.1. The number of hydrogen-bond donors (Lipinski definition) is 0. The van der Waals surface area contributed by atoms with Crippen molar-refractivity contribution in [1.29, 1.82) is 5.26 Å². The lowest BCUT2D eigenvalue weighted by Gasteiger charge is -2.11. The zero-order chi connectivity index (χ0) is 18.4. The molecule has 2 aromatic rings. The van der Waals surface area contributed by atoms with Crippen molar-refractivity contribution in [2.45, 2.75) is 20.3 Å². The first-order valence-electron chi connectivity index (χ1n) is 7.53. The molecule has 1 heterocycles. The molecule has 0 radical (unpaired) electrons. The number of methoxy groups -OCH3 is 1. The van der Waals surface area contributed by atoms with Gasteiger partial charge in [-0.05, 0) is 31.1 Å². The third kappa shape index (κ3) is 4.33. The van der Waals surface area contributed by atoms with Crippen molar-refractivity contribution in [3.05, 3.63) is 43.9 Å². The molecule has 1 aromatic heterocycles. The Morgan fingerprint density at radius 2 is 2.28 bits per heavy atom. The summed E-state index contributed by atoms with van der Waals surface area (Å²) in [7, 11) is 1.42. The summed E-state index contributed by atoms with van der Waals surface area (Å²) in [5.74, 6) is 0.344. The van der Waals surface area contributed by atoms with E-state index in [-0.39, 0.29) is 17.2 Å². The van der Waals surface area contributed by atoms with E-state index in [1.807, 2.05) is 19.2 Å². The number of benzene rings is 1. The van der Waals surface area contributed by atoms with Crippen LogP contribution in [0.4, 0.5) is 5.69 Å². The van der Waals surface area contributed by atoms with E-state index in [0.717, 1.165) is 5.69 Å². The summed E-state index contributed by atoms with van der Waals surface area (Å²) >= 11 is 1.34. The van der Waals surface area contributed by atoms with Crippen molar-refractivity contribution in [1.82, 2.24) is 4.98 Å². The fourth-order valence-electron chi connectivity index (χ4n) is 2.11. The minimum Gasteiger partial charge on any atom is -0.493 e. The standard InChI is InChI=1S/C17H17N3O4S/c1-4-5-24-16-14(20(21)22)7-12(8-15(16)23-3)6-13(9-18)17-19-11(2)10-25-17/h6-8,10H,4-5H2,1-3H3/b13-6-. The number of nitriles is 1. The van der Waals surface area contributed by atoms with Gasteiger partial charge in [-0.1, -0.05) is 6.92 Å². The molecule has 0 aliphatic carbocycles. The maximum absolute atomic E-state index is 11.4. The highest BCUT2D eigenvalue weighted by molar-refractivity contribution is 7.11. The van der Waals surface area contributed by atoms with Crippen molar-refractivity contribution in [3.8, 4) is 17.6 Å². The van der Waals surface area contributed by atoms with Crippen molar-refractivity contribution in [3.63, 3.8) is 0 Å². The van der Waals surface area contributed by atoms with E-state index in [1.165, 1.54) is 24.5 Å². The molecule has 0 N–H and O–H groups in total. The SMILES string of the molecule is CCCOc1c(OC)cc(/C=C(/C#N)c2nc(C)cs2)cc1[N+](=O)[O-]. The van der Waals surface area contributed by atoms with Crippen LogP contribution in [0.15, 0.2) is 17.5 Å². The predicted octanol–water partition coefficient (Wildman–Crippen LogP) is 4.22. The number of rotatable bonds is 7. The Morgan fingerprint density at radius 1 is 1.52 bits per heavy atom. The molecule has 0 saturated carbocycles. The second-order valence-electron chi connectivity index (χ2n) is 5.14. The van der Waals surface area contributed by atoms with Gasteiger partial charge in [-0.2, -0.15) is 5.26 Å². The van der Waals surface area contributed by atoms with E-state index in [2.05, 4.69) is 11.1 Å². The normalized spacial score (nSPS) is 11.0. The fourth-order valence-corrected chi connectivity index (χ4v) is 2.88. The van der Waals surface area contributed by atoms with E-state index < -0.39 is 4.92 Å². The second kappa shape index (κ2) is 8.26. The monoisotopic (exact) mass is 359 g/mol. The molecule has 0 aliphatic rings. The number of allylic oxidation sites excluding steroid dienone is 1. The summed E-state index contributed by atoms with van der Waals surface area (Å²) in [5, 5.41) is 23.2. The molecule has 0 fully saturated rings. The molecule has 25 heavy (non-hydrogen) atoms. The molecule has 0 spiro atoms. The van der Waals surface area contributed by atoms with Crippen LogP contribution in [0.25, 0.3) is 11.6 Å². The first-order valence-corrected chi connectivity index (χ1v) is 8.41. The highest BCUT2D eigenvalue weighted by Crippen LogP contribution is 2.39. The average molecular weight is 359 g/mol. The molecule has 0 saturated heterocycles. The summed E-state index contributed by atoms with van der Waals surface area (Å²) < 4.78 is 10.7. The molecule has 0 unspecified atom stereocenters. The number of nitro benzene ring substituents is 1. The predicted molar refractivity (Wildman–Crippen MR) is 95.8 cm³/mol. The van der Waals surface area contributed by atoms with Crippen LogP contribution in [0.1, 0.15) is 29.6 Å². The van der Waals surface area contributed by atoms with Gasteiger partial charge in [-0.3, -0.25) is 10.1 Å². The summed E-state index contributed by atoms with van der Waals surface area (Å²) in [4.78, 5) is 15.2. The molecule has 7 nitrogen and oxygen atoms in total. The van der Waals surface area contributed by atoms with E-state index >= 15 is 0 Å². The van der Waals surface area contributed by atoms with Crippen molar-refractivity contribution >= 4 is 28.7 Å².